The third-order valence-corrected chi connectivity index (χ3v) is 4.54. The topological polar surface area (TPSA) is 83.1 Å². The van der Waals surface area contributed by atoms with Crippen molar-refractivity contribution in [1.82, 2.24) is 9.88 Å². The first-order valence-corrected chi connectivity index (χ1v) is 7.80. The second-order valence-corrected chi connectivity index (χ2v) is 5.92. The number of pyridine rings is 1. The van der Waals surface area contributed by atoms with Crippen molar-refractivity contribution in [2.24, 2.45) is 0 Å². The fourth-order valence-electron chi connectivity index (χ4n) is 2.86. The van der Waals surface area contributed by atoms with Gasteiger partial charge in [0.25, 0.3) is 0 Å². The van der Waals surface area contributed by atoms with Crippen molar-refractivity contribution >= 4 is 29.5 Å². The number of hydrogen-bond donors (Lipinski definition) is 2. The van der Waals surface area contributed by atoms with Crippen molar-refractivity contribution in [2.75, 3.05) is 12.3 Å². The van der Waals surface area contributed by atoms with Crippen molar-refractivity contribution in [3.8, 4) is 0 Å². The molecule has 2 heterocycles. The van der Waals surface area contributed by atoms with Gasteiger partial charge in [-0.15, -0.1) is 11.6 Å². The van der Waals surface area contributed by atoms with Crippen LogP contribution in [0.3, 0.4) is 0 Å². The van der Waals surface area contributed by atoms with Crippen LogP contribution in [0.4, 0.5) is 5.82 Å². The first-order chi connectivity index (χ1) is 11.1. The number of rotatable bonds is 3. The summed E-state index contributed by atoms with van der Waals surface area (Å²) in [6, 6.07) is 9.33. The number of fused-ring (bicyclic) bond motifs is 1. The molecule has 6 heteroatoms. The highest BCUT2D eigenvalue weighted by Crippen LogP contribution is 2.28. The van der Waals surface area contributed by atoms with E-state index in [0.717, 1.165) is 16.7 Å². The number of alkyl halides is 1. The highest BCUT2D eigenvalue weighted by atomic mass is 35.5. The monoisotopic (exact) mass is 328 g/mol. The zero-order valence-electron chi connectivity index (χ0n) is 12.5. The van der Waals surface area contributed by atoms with Crippen LogP contribution in [0.25, 0.3) is 0 Å². The molecule has 1 aromatic heterocycles. The Balaban J connectivity index is 1.82. The molecule has 0 bridgehead atoms. The smallest absolute Gasteiger partial charge is 0.245 e. The SMILES string of the molecule is N=Cc1c(N)ncc2c1CCN(C(=O)C(Cl)c1ccccc1)C2. The average molecular weight is 329 g/mol. The van der Waals surface area contributed by atoms with E-state index in [4.69, 9.17) is 22.7 Å². The van der Waals surface area contributed by atoms with E-state index in [-0.39, 0.29) is 5.91 Å². The van der Waals surface area contributed by atoms with Gasteiger partial charge in [-0.25, -0.2) is 4.98 Å². The summed E-state index contributed by atoms with van der Waals surface area (Å²) in [6.07, 6.45) is 3.56. The molecule has 118 valence electrons. The third kappa shape index (κ3) is 2.92. The molecule has 0 aliphatic carbocycles. The number of carbonyl (C=O) groups excluding carboxylic acids is 1. The number of nitrogens with one attached hydrogen (secondary N) is 1. The minimum absolute atomic E-state index is 0.114. The molecule has 1 aliphatic heterocycles. The number of halogens is 1. The molecular formula is C17H17ClN4O. The summed E-state index contributed by atoms with van der Waals surface area (Å²) in [5.74, 6) is 0.245. The van der Waals surface area contributed by atoms with Crippen molar-refractivity contribution in [3.63, 3.8) is 0 Å². The lowest BCUT2D eigenvalue weighted by molar-refractivity contribution is -0.131. The second kappa shape index (κ2) is 6.38. The van der Waals surface area contributed by atoms with Crippen LogP contribution in [0.1, 0.15) is 27.6 Å². The van der Waals surface area contributed by atoms with E-state index in [1.165, 1.54) is 6.21 Å². The molecule has 3 rings (SSSR count). The Kier molecular flexibility index (Phi) is 4.30. The van der Waals surface area contributed by atoms with E-state index in [0.29, 0.717) is 30.9 Å². The molecule has 1 unspecified atom stereocenters. The van der Waals surface area contributed by atoms with Gasteiger partial charge in [0, 0.05) is 31.1 Å². The fraction of sp³-hybridized carbons (Fsp3) is 0.235. The van der Waals surface area contributed by atoms with Crippen molar-refractivity contribution in [3.05, 3.63) is 58.8 Å². The van der Waals surface area contributed by atoms with Crippen LogP contribution >= 0.6 is 11.6 Å². The summed E-state index contributed by atoms with van der Waals surface area (Å²) in [7, 11) is 0. The summed E-state index contributed by atoms with van der Waals surface area (Å²) in [5, 5.41) is 6.80. The second-order valence-electron chi connectivity index (χ2n) is 5.49. The van der Waals surface area contributed by atoms with E-state index in [1.807, 2.05) is 30.3 Å². The summed E-state index contributed by atoms with van der Waals surface area (Å²) >= 11 is 6.34. The molecule has 0 saturated heterocycles. The summed E-state index contributed by atoms with van der Waals surface area (Å²) in [5.41, 5.74) is 9.18. The van der Waals surface area contributed by atoms with Crippen LogP contribution < -0.4 is 5.73 Å². The molecule has 5 nitrogen and oxygen atoms in total. The molecule has 1 aromatic carbocycles. The highest BCUT2D eigenvalue weighted by Gasteiger charge is 2.28. The Labute approximate surface area is 139 Å². The lowest BCUT2D eigenvalue weighted by Gasteiger charge is -2.31. The van der Waals surface area contributed by atoms with Gasteiger partial charge < -0.3 is 16.0 Å². The van der Waals surface area contributed by atoms with Crippen LogP contribution in [-0.2, 0) is 17.8 Å². The van der Waals surface area contributed by atoms with E-state index < -0.39 is 5.38 Å². The molecular weight excluding hydrogens is 312 g/mol. The maximum atomic E-state index is 12.6. The van der Waals surface area contributed by atoms with Crippen molar-refractivity contribution in [2.45, 2.75) is 18.3 Å². The molecule has 0 saturated carbocycles. The van der Waals surface area contributed by atoms with Crippen LogP contribution in [0.5, 0.6) is 0 Å². The highest BCUT2D eigenvalue weighted by molar-refractivity contribution is 6.30. The van der Waals surface area contributed by atoms with E-state index in [9.17, 15) is 4.79 Å². The number of amides is 1. The molecule has 0 radical (unpaired) electrons. The molecule has 1 atom stereocenters. The summed E-state index contributed by atoms with van der Waals surface area (Å²) in [6.45, 7) is 1.00. The maximum Gasteiger partial charge on any atom is 0.245 e. The van der Waals surface area contributed by atoms with Gasteiger partial charge in [0.1, 0.15) is 11.2 Å². The number of carbonyl (C=O) groups is 1. The standard InChI is InChI=1S/C17H17ClN4O/c18-15(11-4-2-1-3-5-11)17(23)22-7-6-13-12(10-22)9-21-16(20)14(13)8-19/h1-5,8-9,15,19H,6-7,10H2,(H2,20,21). The summed E-state index contributed by atoms with van der Waals surface area (Å²) in [4.78, 5) is 18.5. The first kappa shape index (κ1) is 15.5. The minimum Gasteiger partial charge on any atom is -0.383 e. The molecule has 23 heavy (non-hydrogen) atoms. The number of nitrogens with two attached hydrogens (primary N) is 1. The van der Waals surface area contributed by atoms with Gasteiger partial charge in [-0.2, -0.15) is 0 Å². The van der Waals surface area contributed by atoms with Crippen molar-refractivity contribution < 1.29 is 4.79 Å². The minimum atomic E-state index is -0.693. The molecule has 0 fully saturated rings. The Hall–Kier alpha value is -2.40. The molecule has 1 amide bonds. The van der Waals surface area contributed by atoms with Crippen LogP contribution in [0.2, 0.25) is 0 Å². The zero-order valence-corrected chi connectivity index (χ0v) is 13.3. The van der Waals surface area contributed by atoms with Gasteiger partial charge in [0.05, 0.1) is 0 Å². The van der Waals surface area contributed by atoms with Crippen LogP contribution in [-0.4, -0.2) is 28.6 Å². The third-order valence-electron chi connectivity index (χ3n) is 4.11. The van der Waals surface area contributed by atoms with Crippen LogP contribution in [0.15, 0.2) is 36.5 Å². The zero-order chi connectivity index (χ0) is 16.4. The van der Waals surface area contributed by atoms with Gasteiger partial charge in [0.15, 0.2) is 0 Å². The van der Waals surface area contributed by atoms with E-state index in [1.54, 1.807) is 11.1 Å². The first-order valence-electron chi connectivity index (χ1n) is 7.36. The molecule has 0 spiro atoms. The number of nitrogens with zero attached hydrogens (tertiary/aromatic N) is 2. The lowest BCUT2D eigenvalue weighted by Crippen LogP contribution is -2.38. The Morgan fingerprint density at radius 3 is 2.83 bits per heavy atom. The molecule has 1 aliphatic rings. The van der Waals surface area contributed by atoms with Gasteiger partial charge in [-0.05, 0) is 23.1 Å². The Bertz CT molecular complexity index is 748. The Morgan fingerprint density at radius 2 is 2.13 bits per heavy atom. The predicted molar refractivity (Wildman–Crippen MR) is 90.7 cm³/mol. The normalized spacial score (nSPS) is 14.9. The fourth-order valence-corrected chi connectivity index (χ4v) is 3.14. The summed E-state index contributed by atoms with van der Waals surface area (Å²) < 4.78 is 0. The lowest BCUT2D eigenvalue weighted by atomic mass is 9.96. The predicted octanol–water partition coefficient (Wildman–Crippen LogP) is 2.53. The van der Waals surface area contributed by atoms with E-state index in [2.05, 4.69) is 4.98 Å². The quantitative estimate of drug-likeness (QED) is 0.671. The molecule has 3 N–H and O–H groups in total. The number of anilines is 1. The molecule has 2 aromatic rings. The van der Waals surface area contributed by atoms with Crippen LogP contribution in [0, 0.1) is 5.41 Å². The average Bonchev–Trinajstić information content (AvgIpc) is 2.60. The number of benzene rings is 1. The number of aromatic nitrogens is 1. The van der Waals surface area contributed by atoms with Crippen molar-refractivity contribution in [1.29, 1.82) is 5.41 Å². The number of hydrogen-bond acceptors (Lipinski definition) is 4. The largest absolute Gasteiger partial charge is 0.383 e. The maximum absolute atomic E-state index is 12.6. The Morgan fingerprint density at radius 1 is 1.39 bits per heavy atom. The van der Waals surface area contributed by atoms with Gasteiger partial charge in [-0.1, -0.05) is 30.3 Å². The number of nitrogen functional groups attached to an aromatic ring is 1. The van der Waals surface area contributed by atoms with Gasteiger partial charge >= 0.3 is 0 Å². The van der Waals surface area contributed by atoms with E-state index >= 15 is 0 Å². The van der Waals surface area contributed by atoms with Gasteiger partial charge in [0.2, 0.25) is 5.91 Å². The van der Waals surface area contributed by atoms with Gasteiger partial charge in [-0.3, -0.25) is 4.79 Å².